The lowest BCUT2D eigenvalue weighted by atomic mass is 10.1. The van der Waals surface area contributed by atoms with Crippen LogP contribution in [0.1, 0.15) is 25.0 Å². The third kappa shape index (κ3) is 3.98. The van der Waals surface area contributed by atoms with Crippen molar-refractivity contribution in [1.82, 2.24) is 0 Å². The molecule has 1 heterocycles. The fraction of sp³-hybridized carbons (Fsp3) is 0.278. The number of nitrogens with zero attached hydrogens (tertiary/aromatic N) is 2. The van der Waals surface area contributed by atoms with Crippen molar-refractivity contribution in [2.45, 2.75) is 20.4 Å². The summed E-state index contributed by atoms with van der Waals surface area (Å²) in [6.07, 6.45) is 0. The Morgan fingerprint density at radius 1 is 1.12 bits per heavy atom. The second-order valence-electron chi connectivity index (χ2n) is 6.35. The SMILES string of the molecule is CC(C)COC1=NS(=O)(=O)N(Cc2ccc(Cl)c(Cl)c2)c2ccccc21. The minimum absolute atomic E-state index is 0.0944. The van der Waals surface area contributed by atoms with Crippen LogP contribution >= 0.6 is 23.2 Å². The lowest BCUT2D eigenvalue weighted by molar-refractivity contribution is 0.260. The Hall–Kier alpha value is -1.76. The molecule has 0 bridgehead atoms. The summed E-state index contributed by atoms with van der Waals surface area (Å²) in [5, 5.41) is 0.788. The van der Waals surface area contributed by atoms with E-state index in [2.05, 4.69) is 4.40 Å². The summed E-state index contributed by atoms with van der Waals surface area (Å²) >= 11 is 12.0. The Morgan fingerprint density at radius 2 is 1.85 bits per heavy atom. The molecule has 3 rings (SSSR count). The molecule has 0 fully saturated rings. The predicted molar refractivity (Wildman–Crippen MR) is 105 cm³/mol. The van der Waals surface area contributed by atoms with E-state index >= 15 is 0 Å². The van der Waals surface area contributed by atoms with Crippen LogP contribution in [0.2, 0.25) is 10.0 Å². The molecule has 0 amide bonds. The number of para-hydroxylation sites is 1. The van der Waals surface area contributed by atoms with Crippen molar-refractivity contribution >= 4 is 45.0 Å². The molecule has 2 aromatic carbocycles. The molecule has 0 aliphatic carbocycles. The van der Waals surface area contributed by atoms with Crippen molar-refractivity contribution in [1.29, 1.82) is 0 Å². The maximum Gasteiger partial charge on any atom is 0.348 e. The van der Waals surface area contributed by atoms with Crippen LogP contribution in [-0.4, -0.2) is 20.9 Å². The smallest absolute Gasteiger partial charge is 0.348 e. The molecule has 0 saturated heterocycles. The maximum atomic E-state index is 12.8. The molecule has 0 unspecified atom stereocenters. The number of ether oxygens (including phenoxy) is 1. The molecule has 0 radical (unpaired) electrons. The highest BCUT2D eigenvalue weighted by Crippen LogP contribution is 2.32. The molecule has 0 aromatic heterocycles. The predicted octanol–water partition coefficient (Wildman–Crippen LogP) is 4.68. The summed E-state index contributed by atoms with van der Waals surface area (Å²) in [6.45, 7) is 4.45. The standard InChI is InChI=1S/C18H18Cl2N2O3S/c1-12(2)11-25-18-14-5-3-4-6-17(14)22(26(23,24)21-18)10-13-7-8-15(19)16(20)9-13/h3-9,12H,10-11H2,1-2H3. The van der Waals surface area contributed by atoms with E-state index in [0.717, 1.165) is 0 Å². The molecule has 0 atom stereocenters. The van der Waals surface area contributed by atoms with Crippen LogP contribution < -0.4 is 4.31 Å². The van der Waals surface area contributed by atoms with Crippen molar-refractivity contribution < 1.29 is 13.2 Å². The highest BCUT2D eigenvalue weighted by Gasteiger charge is 2.32. The van der Waals surface area contributed by atoms with Gasteiger partial charge >= 0.3 is 10.2 Å². The van der Waals surface area contributed by atoms with E-state index in [1.54, 1.807) is 36.4 Å². The van der Waals surface area contributed by atoms with E-state index in [4.69, 9.17) is 27.9 Å². The molecule has 1 aliphatic heterocycles. The summed E-state index contributed by atoms with van der Waals surface area (Å²) in [6, 6.07) is 12.2. The molecule has 8 heteroatoms. The van der Waals surface area contributed by atoms with Crippen LogP contribution in [-0.2, 0) is 21.5 Å². The minimum atomic E-state index is -3.93. The molecule has 138 valence electrons. The van der Waals surface area contributed by atoms with E-state index in [-0.39, 0.29) is 18.4 Å². The van der Waals surface area contributed by atoms with E-state index in [1.165, 1.54) is 4.31 Å². The fourth-order valence-corrected chi connectivity index (χ4v) is 4.02. The van der Waals surface area contributed by atoms with Gasteiger partial charge in [0.15, 0.2) is 0 Å². The van der Waals surface area contributed by atoms with E-state index < -0.39 is 10.2 Å². The Morgan fingerprint density at radius 3 is 2.54 bits per heavy atom. The quantitative estimate of drug-likeness (QED) is 0.732. The number of fused-ring (bicyclic) bond motifs is 1. The normalized spacial score (nSPS) is 15.6. The highest BCUT2D eigenvalue weighted by atomic mass is 35.5. The average molecular weight is 413 g/mol. The Kier molecular flexibility index (Phi) is 5.46. The van der Waals surface area contributed by atoms with Gasteiger partial charge in [-0.05, 0) is 35.7 Å². The monoisotopic (exact) mass is 412 g/mol. The summed E-state index contributed by atoms with van der Waals surface area (Å²) in [5.74, 6) is 0.376. The largest absolute Gasteiger partial charge is 0.476 e. The Labute approximate surface area is 163 Å². The Balaban J connectivity index is 2.00. The van der Waals surface area contributed by atoms with Crippen LogP contribution in [0.25, 0.3) is 0 Å². The van der Waals surface area contributed by atoms with Crippen LogP contribution in [0.4, 0.5) is 5.69 Å². The number of hydrogen-bond donors (Lipinski definition) is 0. The second kappa shape index (κ2) is 7.47. The van der Waals surface area contributed by atoms with Crippen molar-refractivity contribution in [3.63, 3.8) is 0 Å². The molecular weight excluding hydrogens is 395 g/mol. The zero-order chi connectivity index (χ0) is 18.9. The van der Waals surface area contributed by atoms with Gasteiger partial charge in [0, 0.05) is 0 Å². The molecule has 0 saturated carbocycles. The number of hydrogen-bond acceptors (Lipinski definition) is 3. The average Bonchev–Trinajstić information content (AvgIpc) is 2.58. The number of anilines is 1. The highest BCUT2D eigenvalue weighted by molar-refractivity contribution is 7.91. The lowest BCUT2D eigenvalue weighted by Crippen LogP contribution is -2.35. The van der Waals surface area contributed by atoms with E-state index in [1.807, 2.05) is 19.9 Å². The molecule has 0 spiro atoms. The summed E-state index contributed by atoms with van der Waals surface area (Å²) in [5.41, 5.74) is 1.87. The number of rotatable bonds is 4. The second-order valence-corrected chi connectivity index (χ2v) is 8.68. The van der Waals surface area contributed by atoms with Gasteiger partial charge < -0.3 is 4.74 Å². The first-order chi connectivity index (χ1) is 12.3. The van der Waals surface area contributed by atoms with E-state index in [0.29, 0.717) is 33.5 Å². The third-order valence-electron chi connectivity index (χ3n) is 3.74. The third-order valence-corrected chi connectivity index (χ3v) is 5.76. The van der Waals surface area contributed by atoms with Crippen molar-refractivity contribution in [2.75, 3.05) is 10.9 Å². The van der Waals surface area contributed by atoms with Gasteiger partial charge in [0.2, 0.25) is 5.90 Å². The van der Waals surface area contributed by atoms with Crippen molar-refractivity contribution in [3.05, 3.63) is 63.6 Å². The van der Waals surface area contributed by atoms with E-state index in [9.17, 15) is 8.42 Å². The lowest BCUT2D eigenvalue weighted by Gasteiger charge is -2.29. The van der Waals surface area contributed by atoms with Gasteiger partial charge in [-0.1, -0.05) is 55.2 Å². The molecule has 0 N–H and O–H groups in total. The summed E-state index contributed by atoms with van der Waals surface area (Å²) in [7, 11) is -3.93. The minimum Gasteiger partial charge on any atom is -0.476 e. The maximum absolute atomic E-state index is 12.8. The van der Waals surface area contributed by atoms with Crippen LogP contribution in [0, 0.1) is 5.92 Å². The Bertz CT molecular complexity index is 959. The first kappa shape index (κ1) is 19.0. The van der Waals surface area contributed by atoms with Crippen molar-refractivity contribution in [2.24, 2.45) is 10.3 Å². The first-order valence-electron chi connectivity index (χ1n) is 8.06. The fourth-order valence-electron chi connectivity index (χ4n) is 2.52. The van der Waals surface area contributed by atoms with Gasteiger partial charge in [0.1, 0.15) is 0 Å². The molecular formula is C18H18Cl2N2O3S. The van der Waals surface area contributed by atoms with Gasteiger partial charge in [-0.2, -0.15) is 8.42 Å². The van der Waals surface area contributed by atoms with Crippen LogP contribution in [0.15, 0.2) is 46.9 Å². The number of halogens is 2. The van der Waals surface area contributed by atoms with Crippen LogP contribution in [0.3, 0.4) is 0 Å². The van der Waals surface area contributed by atoms with Gasteiger partial charge in [-0.15, -0.1) is 4.40 Å². The first-order valence-corrected chi connectivity index (χ1v) is 10.2. The van der Waals surface area contributed by atoms with Crippen molar-refractivity contribution in [3.8, 4) is 0 Å². The zero-order valence-corrected chi connectivity index (χ0v) is 16.6. The van der Waals surface area contributed by atoms with Gasteiger partial charge in [0.25, 0.3) is 0 Å². The number of benzene rings is 2. The van der Waals surface area contributed by atoms with Gasteiger partial charge in [0.05, 0.1) is 34.4 Å². The molecule has 1 aliphatic rings. The topological polar surface area (TPSA) is 59.0 Å². The molecule has 26 heavy (non-hydrogen) atoms. The zero-order valence-electron chi connectivity index (χ0n) is 14.3. The van der Waals surface area contributed by atoms with Gasteiger partial charge in [-0.25, -0.2) is 4.31 Å². The molecule has 5 nitrogen and oxygen atoms in total. The molecule has 2 aromatic rings. The van der Waals surface area contributed by atoms with Gasteiger partial charge in [-0.3, -0.25) is 0 Å². The van der Waals surface area contributed by atoms with Crippen LogP contribution in [0.5, 0.6) is 0 Å². The summed E-state index contributed by atoms with van der Waals surface area (Å²) < 4.78 is 36.3. The summed E-state index contributed by atoms with van der Waals surface area (Å²) in [4.78, 5) is 0.